The van der Waals surface area contributed by atoms with Crippen LogP contribution < -0.4 is 0 Å². The Morgan fingerprint density at radius 1 is 1.70 bits per heavy atom. The van der Waals surface area contributed by atoms with Crippen molar-refractivity contribution in [2.24, 2.45) is 5.18 Å². The van der Waals surface area contributed by atoms with Crippen LogP contribution in [-0.4, -0.2) is 30.5 Å². The maximum Gasteiger partial charge on any atom is 0.107 e. The standard InChI is InChI=1S/C6H11NO3/c8-5-1-2-10-6(3-5)4-7-9/h5-6,8H,1-4H2. The first-order valence-corrected chi connectivity index (χ1v) is 3.41. The number of hydrogen-bond donors (Lipinski definition) is 1. The van der Waals surface area contributed by atoms with Gasteiger partial charge in [-0.05, 0) is 6.42 Å². The van der Waals surface area contributed by atoms with Gasteiger partial charge in [0.15, 0.2) is 0 Å². The van der Waals surface area contributed by atoms with Gasteiger partial charge in [0.05, 0.1) is 12.2 Å². The van der Waals surface area contributed by atoms with Crippen molar-refractivity contribution in [3.8, 4) is 0 Å². The van der Waals surface area contributed by atoms with Crippen molar-refractivity contribution in [3.05, 3.63) is 4.91 Å². The monoisotopic (exact) mass is 145 g/mol. The molecule has 2 unspecified atom stereocenters. The Balaban J connectivity index is 2.24. The molecule has 1 rings (SSSR count). The van der Waals surface area contributed by atoms with Crippen molar-refractivity contribution in [2.45, 2.75) is 25.0 Å². The zero-order valence-electron chi connectivity index (χ0n) is 5.69. The Bertz CT molecular complexity index is 118. The van der Waals surface area contributed by atoms with Gasteiger partial charge in [-0.1, -0.05) is 5.18 Å². The average Bonchev–Trinajstić information content (AvgIpc) is 1.88. The van der Waals surface area contributed by atoms with Gasteiger partial charge in [0, 0.05) is 13.0 Å². The maximum absolute atomic E-state index is 9.77. The molecule has 2 atom stereocenters. The third kappa shape index (κ3) is 2.04. The Morgan fingerprint density at radius 2 is 2.50 bits per heavy atom. The molecule has 58 valence electrons. The molecule has 0 aromatic heterocycles. The van der Waals surface area contributed by atoms with Crippen molar-refractivity contribution in [3.63, 3.8) is 0 Å². The van der Waals surface area contributed by atoms with Crippen LogP contribution in [0, 0.1) is 4.91 Å². The van der Waals surface area contributed by atoms with Crippen LogP contribution in [-0.2, 0) is 4.74 Å². The lowest BCUT2D eigenvalue weighted by Gasteiger charge is -2.24. The fourth-order valence-electron chi connectivity index (χ4n) is 1.07. The summed E-state index contributed by atoms with van der Waals surface area (Å²) >= 11 is 0. The Labute approximate surface area is 59.2 Å². The number of nitroso groups, excluding NO2 is 1. The van der Waals surface area contributed by atoms with Gasteiger partial charge >= 0.3 is 0 Å². The lowest BCUT2D eigenvalue weighted by atomic mass is 10.1. The van der Waals surface area contributed by atoms with Crippen LogP contribution in [0.15, 0.2) is 5.18 Å². The second kappa shape index (κ2) is 3.63. The van der Waals surface area contributed by atoms with Crippen LogP contribution in [0.2, 0.25) is 0 Å². The molecule has 1 saturated heterocycles. The fourth-order valence-corrected chi connectivity index (χ4v) is 1.07. The lowest BCUT2D eigenvalue weighted by molar-refractivity contribution is -0.0382. The van der Waals surface area contributed by atoms with Gasteiger partial charge in [-0.2, -0.15) is 4.91 Å². The zero-order valence-corrected chi connectivity index (χ0v) is 5.69. The lowest BCUT2D eigenvalue weighted by Crippen LogP contribution is -2.30. The molecule has 0 spiro atoms. The first-order chi connectivity index (χ1) is 4.83. The molecule has 0 aliphatic carbocycles. The van der Waals surface area contributed by atoms with E-state index >= 15 is 0 Å². The average molecular weight is 145 g/mol. The molecule has 10 heavy (non-hydrogen) atoms. The Kier molecular flexibility index (Phi) is 2.77. The van der Waals surface area contributed by atoms with Gasteiger partial charge in [-0.25, -0.2) is 0 Å². The molecule has 0 bridgehead atoms. The molecule has 0 saturated carbocycles. The largest absolute Gasteiger partial charge is 0.393 e. The van der Waals surface area contributed by atoms with E-state index in [2.05, 4.69) is 5.18 Å². The van der Waals surface area contributed by atoms with Crippen molar-refractivity contribution in [1.82, 2.24) is 0 Å². The predicted octanol–water partition coefficient (Wildman–Crippen LogP) is 0.293. The first kappa shape index (κ1) is 7.63. The summed E-state index contributed by atoms with van der Waals surface area (Å²) in [7, 11) is 0. The minimum atomic E-state index is -0.305. The van der Waals surface area contributed by atoms with E-state index in [1.807, 2.05) is 0 Å². The minimum Gasteiger partial charge on any atom is -0.393 e. The van der Waals surface area contributed by atoms with Gasteiger partial charge in [0.25, 0.3) is 0 Å². The molecule has 0 aromatic carbocycles. The number of rotatable bonds is 2. The number of aliphatic hydroxyl groups excluding tert-OH is 1. The highest BCUT2D eigenvalue weighted by Crippen LogP contribution is 2.13. The highest BCUT2D eigenvalue weighted by molar-refractivity contribution is 4.71. The van der Waals surface area contributed by atoms with Crippen LogP contribution in [0.4, 0.5) is 0 Å². The third-order valence-corrected chi connectivity index (χ3v) is 1.62. The van der Waals surface area contributed by atoms with Crippen LogP contribution in [0.5, 0.6) is 0 Å². The summed E-state index contributed by atoms with van der Waals surface area (Å²) in [5.41, 5.74) is 0. The van der Waals surface area contributed by atoms with E-state index in [0.717, 1.165) is 0 Å². The quantitative estimate of drug-likeness (QED) is 0.568. The van der Waals surface area contributed by atoms with E-state index in [1.165, 1.54) is 0 Å². The maximum atomic E-state index is 9.77. The van der Waals surface area contributed by atoms with Crippen LogP contribution in [0.1, 0.15) is 12.8 Å². The molecule has 1 aliphatic heterocycles. The summed E-state index contributed by atoms with van der Waals surface area (Å²) in [6, 6.07) is 0. The molecule has 0 aromatic rings. The number of nitrogens with zero attached hydrogens (tertiary/aromatic N) is 1. The second-order valence-corrected chi connectivity index (χ2v) is 2.48. The van der Waals surface area contributed by atoms with Gasteiger partial charge in [-0.3, -0.25) is 0 Å². The number of ether oxygens (including phenoxy) is 1. The number of aliphatic hydroxyl groups is 1. The highest BCUT2D eigenvalue weighted by atomic mass is 16.5. The Hall–Kier alpha value is -0.480. The highest BCUT2D eigenvalue weighted by Gasteiger charge is 2.20. The molecular weight excluding hydrogens is 134 g/mol. The van der Waals surface area contributed by atoms with Gasteiger partial charge in [-0.15, -0.1) is 0 Å². The van der Waals surface area contributed by atoms with E-state index in [0.29, 0.717) is 19.4 Å². The van der Waals surface area contributed by atoms with Gasteiger partial charge < -0.3 is 9.84 Å². The summed E-state index contributed by atoms with van der Waals surface area (Å²) in [6.45, 7) is 0.707. The zero-order chi connectivity index (χ0) is 7.40. The van der Waals surface area contributed by atoms with Crippen LogP contribution >= 0.6 is 0 Å². The third-order valence-electron chi connectivity index (χ3n) is 1.62. The van der Waals surface area contributed by atoms with Crippen molar-refractivity contribution < 1.29 is 9.84 Å². The van der Waals surface area contributed by atoms with Crippen LogP contribution in [0.3, 0.4) is 0 Å². The van der Waals surface area contributed by atoms with E-state index in [4.69, 9.17) is 9.84 Å². The van der Waals surface area contributed by atoms with Gasteiger partial charge in [0.2, 0.25) is 0 Å². The molecular formula is C6H11NO3. The van der Waals surface area contributed by atoms with Gasteiger partial charge in [0.1, 0.15) is 6.54 Å². The van der Waals surface area contributed by atoms with E-state index < -0.39 is 0 Å². The fraction of sp³-hybridized carbons (Fsp3) is 1.00. The molecule has 1 aliphatic rings. The Morgan fingerprint density at radius 3 is 3.10 bits per heavy atom. The summed E-state index contributed by atoms with van der Waals surface area (Å²) in [5, 5.41) is 11.8. The molecule has 1 heterocycles. The topological polar surface area (TPSA) is 58.9 Å². The molecule has 0 radical (unpaired) electrons. The van der Waals surface area contributed by atoms with Crippen molar-refractivity contribution in [1.29, 1.82) is 0 Å². The summed E-state index contributed by atoms with van der Waals surface area (Å²) < 4.78 is 5.14. The summed E-state index contributed by atoms with van der Waals surface area (Å²) in [4.78, 5) is 9.77. The molecule has 1 fully saturated rings. The van der Waals surface area contributed by atoms with Crippen molar-refractivity contribution in [2.75, 3.05) is 13.2 Å². The molecule has 4 heteroatoms. The van der Waals surface area contributed by atoms with E-state index in [1.54, 1.807) is 0 Å². The van der Waals surface area contributed by atoms with Crippen LogP contribution in [0.25, 0.3) is 0 Å². The predicted molar refractivity (Wildman–Crippen MR) is 35.6 cm³/mol. The summed E-state index contributed by atoms with van der Waals surface area (Å²) in [5.74, 6) is 0. The van der Waals surface area contributed by atoms with E-state index in [9.17, 15) is 4.91 Å². The minimum absolute atomic E-state index is 0.152. The summed E-state index contributed by atoms with van der Waals surface area (Å²) in [6.07, 6.45) is 0.767. The number of hydrogen-bond acceptors (Lipinski definition) is 4. The van der Waals surface area contributed by atoms with E-state index in [-0.39, 0.29) is 18.8 Å². The van der Waals surface area contributed by atoms with Crippen molar-refractivity contribution >= 4 is 0 Å². The molecule has 4 nitrogen and oxygen atoms in total. The normalized spacial score (nSPS) is 33.7. The SMILES string of the molecule is O=NCC1CC(O)CCO1. The first-order valence-electron chi connectivity index (χ1n) is 3.41. The molecule has 1 N–H and O–H groups in total. The smallest absolute Gasteiger partial charge is 0.107 e. The second-order valence-electron chi connectivity index (χ2n) is 2.48. The molecule has 0 amide bonds.